The highest BCUT2D eigenvalue weighted by molar-refractivity contribution is 7.08. The first-order chi connectivity index (χ1) is 7.68. The van der Waals surface area contributed by atoms with Gasteiger partial charge in [-0.1, -0.05) is 6.92 Å². The van der Waals surface area contributed by atoms with E-state index in [9.17, 15) is 4.79 Å². The van der Waals surface area contributed by atoms with E-state index in [2.05, 4.69) is 17.6 Å². The molecule has 1 amide bonds. The first kappa shape index (κ1) is 14.5. The van der Waals surface area contributed by atoms with Crippen molar-refractivity contribution < 1.29 is 4.79 Å². The van der Waals surface area contributed by atoms with Crippen molar-refractivity contribution in [3.63, 3.8) is 0 Å². The molecule has 96 valence electrons. The third-order valence-electron chi connectivity index (χ3n) is 3.24. The van der Waals surface area contributed by atoms with Crippen molar-refractivity contribution in [1.29, 1.82) is 0 Å². The zero-order valence-corrected chi connectivity index (χ0v) is 11.8. The van der Waals surface area contributed by atoms with Crippen LogP contribution in [-0.2, 0) is 0 Å². The number of amides is 1. The van der Waals surface area contributed by atoms with Gasteiger partial charge in [-0.3, -0.25) is 4.79 Å². The highest BCUT2D eigenvalue weighted by Gasteiger charge is 2.23. The third kappa shape index (κ3) is 3.44. The van der Waals surface area contributed by atoms with Crippen LogP contribution in [0.25, 0.3) is 0 Å². The molecule has 0 spiro atoms. The second kappa shape index (κ2) is 6.38. The minimum absolute atomic E-state index is 0. The molecule has 0 saturated carbocycles. The maximum Gasteiger partial charge on any atom is 0.252 e. The van der Waals surface area contributed by atoms with Crippen LogP contribution in [0.3, 0.4) is 0 Å². The number of hydrogen-bond acceptors (Lipinski definition) is 3. The minimum Gasteiger partial charge on any atom is -0.348 e. The quantitative estimate of drug-likeness (QED) is 0.868. The summed E-state index contributed by atoms with van der Waals surface area (Å²) in [6.07, 6.45) is 1.13. The van der Waals surface area contributed by atoms with Gasteiger partial charge in [-0.15, -0.1) is 12.4 Å². The Hall–Kier alpha value is -0.580. The summed E-state index contributed by atoms with van der Waals surface area (Å²) in [5.74, 6) is 0.628. The molecule has 2 atom stereocenters. The van der Waals surface area contributed by atoms with Crippen LogP contribution in [0.4, 0.5) is 0 Å². The lowest BCUT2D eigenvalue weighted by molar-refractivity contribution is 0.0915. The number of nitrogens with one attached hydrogen (secondary N) is 2. The van der Waals surface area contributed by atoms with Crippen LogP contribution in [0, 0.1) is 12.8 Å². The van der Waals surface area contributed by atoms with Gasteiger partial charge >= 0.3 is 0 Å². The number of rotatable bonds is 2. The number of aryl methyl sites for hydroxylation is 1. The summed E-state index contributed by atoms with van der Waals surface area (Å²) in [6.45, 7) is 6.13. The number of carbonyl (C=O) groups excluding carboxylic acids is 1. The Morgan fingerprint density at radius 2 is 2.29 bits per heavy atom. The molecular weight excluding hydrogens is 256 g/mol. The fraction of sp³-hybridized carbons (Fsp3) is 0.583. The van der Waals surface area contributed by atoms with Crippen LogP contribution < -0.4 is 10.6 Å². The number of carbonyl (C=O) groups is 1. The van der Waals surface area contributed by atoms with Crippen molar-refractivity contribution in [2.75, 3.05) is 13.1 Å². The first-order valence-corrected chi connectivity index (χ1v) is 6.67. The molecule has 2 unspecified atom stereocenters. The van der Waals surface area contributed by atoms with Gasteiger partial charge in [-0.25, -0.2) is 0 Å². The summed E-state index contributed by atoms with van der Waals surface area (Å²) in [7, 11) is 0. The van der Waals surface area contributed by atoms with Crippen LogP contribution in [0.15, 0.2) is 10.8 Å². The Morgan fingerprint density at radius 1 is 1.53 bits per heavy atom. The number of piperidine rings is 1. The maximum absolute atomic E-state index is 12.0. The number of hydrogen-bond donors (Lipinski definition) is 2. The fourth-order valence-corrected chi connectivity index (χ4v) is 2.85. The van der Waals surface area contributed by atoms with Crippen LogP contribution in [0.5, 0.6) is 0 Å². The fourth-order valence-electron chi connectivity index (χ4n) is 2.02. The third-order valence-corrected chi connectivity index (χ3v) is 4.11. The predicted molar refractivity (Wildman–Crippen MR) is 74.2 cm³/mol. The zero-order valence-electron chi connectivity index (χ0n) is 10.2. The van der Waals surface area contributed by atoms with Gasteiger partial charge in [-0.05, 0) is 36.8 Å². The summed E-state index contributed by atoms with van der Waals surface area (Å²) < 4.78 is 0. The Balaban J connectivity index is 0.00000144. The van der Waals surface area contributed by atoms with E-state index in [1.807, 2.05) is 17.7 Å². The van der Waals surface area contributed by atoms with Gasteiger partial charge < -0.3 is 10.6 Å². The van der Waals surface area contributed by atoms with Crippen molar-refractivity contribution in [2.24, 2.45) is 5.92 Å². The molecule has 1 aliphatic rings. The zero-order chi connectivity index (χ0) is 11.5. The lowest BCUT2D eigenvalue weighted by Crippen LogP contribution is -2.50. The van der Waals surface area contributed by atoms with E-state index in [0.717, 1.165) is 30.6 Å². The molecule has 5 heteroatoms. The summed E-state index contributed by atoms with van der Waals surface area (Å²) in [5, 5.41) is 10.4. The van der Waals surface area contributed by atoms with Gasteiger partial charge in [0.2, 0.25) is 0 Å². The van der Waals surface area contributed by atoms with Crippen molar-refractivity contribution in [1.82, 2.24) is 10.6 Å². The molecular formula is C12H19ClN2OS. The van der Waals surface area contributed by atoms with Crippen LogP contribution in [0.1, 0.15) is 29.3 Å². The Kier molecular flexibility index (Phi) is 5.43. The van der Waals surface area contributed by atoms with Crippen molar-refractivity contribution >= 4 is 29.7 Å². The summed E-state index contributed by atoms with van der Waals surface area (Å²) >= 11 is 1.58. The van der Waals surface area contributed by atoms with E-state index in [1.54, 1.807) is 11.3 Å². The molecule has 1 aromatic rings. The van der Waals surface area contributed by atoms with Gasteiger partial charge in [0.1, 0.15) is 0 Å². The average molecular weight is 275 g/mol. The van der Waals surface area contributed by atoms with E-state index in [-0.39, 0.29) is 24.4 Å². The van der Waals surface area contributed by atoms with E-state index < -0.39 is 0 Å². The molecule has 1 fully saturated rings. The predicted octanol–water partition coefficient (Wildman–Crippen LogP) is 2.21. The molecule has 0 aromatic carbocycles. The molecule has 3 nitrogen and oxygen atoms in total. The Bertz CT molecular complexity index is 380. The molecule has 17 heavy (non-hydrogen) atoms. The lowest BCUT2D eigenvalue weighted by atomic mass is 9.94. The Labute approximate surface area is 112 Å². The van der Waals surface area contributed by atoms with Crippen molar-refractivity contribution in [2.45, 2.75) is 26.3 Å². The molecule has 1 aromatic heterocycles. The number of thiophene rings is 1. The average Bonchev–Trinajstić information content (AvgIpc) is 2.68. The molecule has 1 saturated heterocycles. The van der Waals surface area contributed by atoms with E-state index in [1.165, 1.54) is 0 Å². The second-order valence-electron chi connectivity index (χ2n) is 4.52. The van der Waals surface area contributed by atoms with E-state index >= 15 is 0 Å². The van der Waals surface area contributed by atoms with Crippen LogP contribution in [0.2, 0.25) is 0 Å². The van der Waals surface area contributed by atoms with E-state index in [4.69, 9.17) is 0 Å². The number of halogens is 1. The summed E-state index contributed by atoms with van der Waals surface area (Å²) in [4.78, 5) is 12.0. The van der Waals surface area contributed by atoms with Crippen LogP contribution >= 0.6 is 23.7 Å². The summed E-state index contributed by atoms with van der Waals surface area (Å²) in [6, 6.07) is 0.264. The van der Waals surface area contributed by atoms with Crippen molar-refractivity contribution in [3.8, 4) is 0 Å². The SMILES string of the molecule is Cc1cscc1C(=O)NC1CNCCC1C.Cl. The smallest absolute Gasteiger partial charge is 0.252 e. The molecule has 0 aliphatic carbocycles. The Morgan fingerprint density at radius 3 is 2.88 bits per heavy atom. The summed E-state index contributed by atoms with van der Waals surface area (Å²) in [5.41, 5.74) is 1.89. The molecule has 0 bridgehead atoms. The molecule has 2 N–H and O–H groups in total. The standard InChI is InChI=1S/C12H18N2OS.ClH/c1-8-3-4-13-5-11(8)14-12(15)10-7-16-6-9(10)2;/h6-8,11,13H,3-5H2,1-2H3,(H,14,15);1H. The highest BCUT2D eigenvalue weighted by Crippen LogP contribution is 2.16. The molecule has 2 heterocycles. The molecule has 1 aliphatic heterocycles. The largest absolute Gasteiger partial charge is 0.348 e. The first-order valence-electron chi connectivity index (χ1n) is 5.73. The van der Waals surface area contributed by atoms with Crippen molar-refractivity contribution in [3.05, 3.63) is 21.9 Å². The van der Waals surface area contributed by atoms with Crippen LogP contribution in [-0.4, -0.2) is 25.0 Å². The lowest BCUT2D eigenvalue weighted by Gasteiger charge is -2.30. The minimum atomic E-state index is 0. The topological polar surface area (TPSA) is 41.1 Å². The van der Waals surface area contributed by atoms with Gasteiger partial charge in [0.15, 0.2) is 0 Å². The second-order valence-corrected chi connectivity index (χ2v) is 5.26. The van der Waals surface area contributed by atoms with Gasteiger partial charge in [0.25, 0.3) is 5.91 Å². The monoisotopic (exact) mass is 274 g/mol. The normalized spacial score (nSPS) is 23.9. The molecule has 2 rings (SSSR count). The maximum atomic E-state index is 12.0. The van der Waals surface area contributed by atoms with E-state index in [0.29, 0.717) is 5.92 Å². The molecule has 0 radical (unpaired) electrons. The van der Waals surface area contributed by atoms with Gasteiger partial charge in [0, 0.05) is 18.0 Å². The van der Waals surface area contributed by atoms with Gasteiger partial charge in [-0.2, -0.15) is 11.3 Å². The van der Waals surface area contributed by atoms with Gasteiger partial charge in [0.05, 0.1) is 5.56 Å². The highest BCUT2D eigenvalue weighted by atomic mass is 35.5.